The lowest BCUT2D eigenvalue weighted by Crippen LogP contribution is -2.34. The van der Waals surface area contributed by atoms with E-state index >= 15 is 0 Å². The second-order valence-corrected chi connectivity index (χ2v) is 4.41. The Bertz CT molecular complexity index is 363. The standard InChI is InChI=1S/C12H16N2O3/c1-13-10(15)6-7-14-11(16)8-4-2-3-5-9(8)12(14)17/h2-3,8-9H,4-7H2,1H3,(H,13,15)/t8-,9+. The number of fused-ring (bicyclic) bond motifs is 1. The van der Waals surface area contributed by atoms with Gasteiger partial charge in [0.15, 0.2) is 0 Å². The van der Waals surface area contributed by atoms with Crippen molar-refractivity contribution in [3.05, 3.63) is 12.2 Å². The van der Waals surface area contributed by atoms with Crippen molar-refractivity contribution < 1.29 is 14.4 Å². The van der Waals surface area contributed by atoms with Crippen molar-refractivity contribution in [2.75, 3.05) is 13.6 Å². The van der Waals surface area contributed by atoms with Crippen LogP contribution in [-0.2, 0) is 14.4 Å². The van der Waals surface area contributed by atoms with Gasteiger partial charge in [-0.3, -0.25) is 19.3 Å². The number of hydrogen-bond donors (Lipinski definition) is 1. The molecule has 1 aliphatic heterocycles. The molecule has 1 heterocycles. The molecule has 17 heavy (non-hydrogen) atoms. The first-order chi connectivity index (χ1) is 8.15. The Morgan fingerprint density at radius 2 is 1.82 bits per heavy atom. The third-order valence-electron chi connectivity index (χ3n) is 3.44. The zero-order chi connectivity index (χ0) is 12.4. The van der Waals surface area contributed by atoms with Crippen LogP contribution in [0.4, 0.5) is 0 Å². The van der Waals surface area contributed by atoms with Gasteiger partial charge in [0, 0.05) is 20.0 Å². The monoisotopic (exact) mass is 236 g/mol. The van der Waals surface area contributed by atoms with Crippen molar-refractivity contribution in [1.82, 2.24) is 10.2 Å². The minimum Gasteiger partial charge on any atom is -0.359 e. The Morgan fingerprint density at radius 3 is 2.29 bits per heavy atom. The summed E-state index contributed by atoms with van der Waals surface area (Å²) in [6.45, 7) is 0.199. The van der Waals surface area contributed by atoms with Crippen molar-refractivity contribution in [2.45, 2.75) is 19.3 Å². The van der Waals surface area contributed by atoms with Crippen LogP contribution in [0.1, 0.15) is 19.3 Å². The quantitative estimate of drug-likeness (QED) is 0.557. The highest BCUT2D eigenvalue weighted by molar-refractivity contribution is 6.05. The van der Waals surface area contributed by atoms with E-state index in [2.05, 4.69) is 5.32 Å². The molecule has 0 aromatic heterocycles. The van der Waals surface area contributed by atoms with Gasteiger partial charge in [0.2, 0.25) is 17.7 Å². The first kappa shape index (κ1) is 11.8. The van der Waals surface area contributed by atoms with Gasteiger partial charge >= 0.3 is 0 Å². The van der Waals surface area contributed by atoms with E-state index in [1.165, 1.54) is 4.90 Å². The molecule has 5 nitrogen and oxygen atoms in total. The third-order valence-corrected chi connectivity index (χ3v) is 3.44. The maximum Gasteiger partial charge on any atom is 0.233 e. The smallest absolute Gasteiger partial charge is 0.233 e. The van der Waals surface area contributed by atoms with Crippen LogP contribution < -0.4 is 5.32 Å². The van der Waals surface area contributed by atoms with E-state index < -0.39 is 0 Å². The van der Waals surface area contributed by atoms with Crippen LogP contribution in [0.2, 0.25) is 0 Å². The van der Waals surface area contributed by atoms with Crippen LogP contribution in [0.15, 0.2) is 12.2 Å². The van der Waals surface area contributed by atoms with Crippen molar-refractivity contribution in [3.8, 4) is 0 Å². The molecule has 0 aromatic carbocycles. The molecular formula is C12H16N2O3. The third kappa shape index (κ3) is 2.09. The highest BCUT2D eigenvalue weighted by Crippen LogP contribution is 2.34. The fourth-order valence-electron chi connectivity index (χ4n) is 2.43. The van der Waals surface area contributed by atoms with Gasteiger partial charge in [0.25, 0.3) is 0 Å². The topological polar surface area (TPSA) is 66.5 Å². The summed E-state index contributed by atoms with van der Waals surface area (Å²) in [5.41, 5.74) is 0. The Hall–Kier alpha value is -1.65. The molecule has 1 aliphatic carbocycles. The molecule has 0 spiro atoms. The largest absolute Gasteiger partial charge is 0.359 e. The van der Waals surface area contributed by atoms with E-state index in [0.717, 1.165) is 0 Å². The zero-order valence-electron chi connectivity index (χ0n) is 9.81. The summed E-state index contributed by atoms with van der Waals surface area (Å²) in [5.74, 6) is -0.783. The van der Waals surface area contributed by atoms with E-state index in [1.807, 2.05) is 12.2 Å². The number of likely N-dealkylation sites (tertiary alicyclic amines) is 1. The molecular weight excluding hydrogens is 220 g/mol. The summed E-state index contributed by atoms with van der Waals surface area (Å²) in [4.78, 5) is 36.4. The molecule has 2 atom stereocenters. The van der Waals surface area contributed by atoms with Crippen LogP contribution in [0.5, 0.6) is 0 Å². The van der Waals surface area contributed by atoms with E-state index in [0.29, 0.717) is 12.8 Å². The molecule has 0 aromatic rings. The molecule has 5 heteroatoms. The molecule has 0 radical (unpaired) electrons. The number of amides is 3. The summed E-state index contributed by atoms with van der Waals surface area (Å²) >= 11 is 0. The minimum atomic E-state index is -0.197. The van der Waals surface area contributed by atoms with Gasteiger partial charge in [0.05, 0.1) is 11.8 Å². The molecule has 1 fully saturated rings. The van der Waals surface area contributed by atoms with Gasteiger partial charge in [-0.25, -0.2) is 0 Å². The number of allylic oxidation sites excluding steroid dienone is 2. The van der Waals surface area contributed by atoms with Crippen LogP contribution >= 0.6 is 0 Å². The van der Waals surface area contributed by atoms with E-state index in [1.54, 1.807) is 7.05 Å². The molecule has 2 rings (SSSR count). The number of imide groups is 1. The normalized spacial score (nSPS) is 27.2. The summed E-state index contributed by atoms with van der Waals surface area (Å²) in [6, 6.07) is 0. The van der Waals surface area contributed by atoms with Gasteiger partial charge in [-0.15, -0.1) is 0 Å². The van der Waals surface area contributed by atoms with E-state index in [-0.39, 0.29) is 42.5 Å². The lowest BCUT2D eigenvalue weighted by molar-refractivity contribution is -0.140. The average molecular weight is 236 g/mol. The highest BCUT2D eigenvalue weighted by atomic mass is 16.2. The maximum absolute atomic E-state index is 12.0. The minimum absolute atomic E-state index is 0.117. The molecule has 1 saturated heterocycles. The first-order valence-corrected chi connectivity index (χ1v) is 5.86. The summed E-state index contributed by atoms with van der Waals surface area (Å²) < 4.78 is 0. The Morgan fingerprint density at radius 1 is 1.29 bits per heavy atom. The molecule has 3 amide bonds. The van der Waals surface area contributed by atoms with Crippen molar-refractivity contribution in [3.63, 3.8) is 0 Å². The van der Waals surface area contributed by atoms with E-state index in [4.69, 9.17) is 0 Å². The number of rotatable bonds is 3. The van der Waals surface area contributed by atoms with Gasteiger partial charge < -0.3 is 5.32 Å². The summed E-state index contributed by atoms with van der Waals surface area (Å²) in [5, 5.41) is 2.48. The van der Waals surface area contributed by atoms with Crippen molar-refractivity contribution in [2.24, 2.45) is 11.8 Å². The lowest BCUT2D eigenvalue weighted by atomic mass is 9.85. The van der Waals surface area contributed by atoms with Gasteiger partial charge in [0.1, 0.15) is 0 Å². The van der Waals surface area contributed by atoms with Crippen molar-refractivity contribution >= 4 is 17.7 Å². The number of nitrogens with zero attached hydrogens (tertiary/aromatic N) is 1. The Labute approximate surface area is 99.8 Å². The second-order valence-electron chi connectivity index (χ2n) is 4.41. The summed E-state index contributed by atoms with van der Waals surface area (Å²) in [6.07, 6.45) is 5.38. The van der Waals surface area contributed by atoms with Crippen molar-refractivity contribution in [1.29, 1.82) is 0 Å². The van der Waals surface area contributed by atoms with Crippen LogP contribution in [0.3, 0.4) is 0 Å². The van der Waals surface area contributed by atoms with Gasteiger partial charge in [-0.1, -0.05) is 12.2 Å². The summed E-state index contributed by atoms with van der Waals surface area (Å²) in [7, 11) is 1.54. The van der Waals surface area contributed by atoms with E-state index in [9.17, 15) is 14.4 Å². The number of carbonyl (C=O) groups is 3. The number of hydrogen-bond acceptors (Lipinski definition) is 3. The molecule has 1 N–H and O–H groups in total. The molecule has 2 aliphatic rings. The lowest BCUT2D eigenvalue weighted by Gasteiger charge is -2.14. The zero-order valence-corrected chi connectivity index (χ0v) is 9.81. The fourth-order valence-corrected chi connectivity index (χ4v) is 2.43. The molecule has 0 unspecified atom stereocenters. The SMILES string of the molecule is CNC(=O)CCN1C(=O)[C@H]2CC=CC[C@H]2C1=O. The fraction of sp³-hybridized carbons (Fsp3) is 0.583. The average Bonchev–Trinajstić information content (AvgIpc) is 2.60. The van der Waals surface area contributed by atoms with Crippen LogP contribution in [0, 0.1) is 11.8 Å². The van der Waals surface area contributed by atoms with Crippen LogP contribution in [-0.4, -0.2) is 36.2 Å². The Balaban J connectivity index is 2.02. The van der Waals surface area contributed by atoms with Gasteiger partial charge in [-0.2, -0.15) is 0 Å². The maximum atomic E-state index is 12.0. The highest BCUT2D eigenvalue weighted by Gasteiger charge is 2.46. The number of nitrogens with one attached hydrogen (secondary N) is 1. The number of carbonyl (C=O) groups excluding carboxylic acids is 3. The second kappa shape index (κ2) is 4.69. The molecule has 0 saturated carbocycles. The predicted octanol–water partition coefficient (Wildman–Crippen LogP) is 0.0737. The molecule has 0 bridgehead atoms. The Kier molecular flexibility index (Phi) is 3.26. The first-order valence-electron chi connectivity index (χ1n) is 5.86. The van der Waals surface area contributed by atoms with Gasteiger partial charge in [-0.05, 0) is 12.8 Å². The predicted molar refractivity (Wildman–Crippen MR) is 60.8 cm³/mol. The molecule has 92 valence electrons. The van der Waals surface area contributed by atoms with Crippen LogP contribution in [0.25, 0.3) is 0 Å².